The fourth-order valence-corrected chi connectivity index (χ4v) is 1.95. The van der Waals surface area contributed by atoms with Gasteiger partial charge >= 0.3 is 0 Å². The summed E-state index contributed by atoms with van der Waals surface area (Å²) in [5, 5.41) is 0. The number of aliphatic imine (C=N–C) groups is 1. The van der Waals surface area contributed by atoms with E-state index in [-0.39, 0.29) is 0 Å². The molecule has 0 saturated heterocycles. The van der Waals surface area contributed by atoms with Gasteiger partial charge in [0.1, 0.15) is 0 Å². The maximum absolute atomic E-state index is 5.81. The van der Waals surface area contributed by atoms with Crippen molar-refractivity contribution in [1.29, 1.82) is 0 Å². The molecule has 2 N–H and O–H groups in total. The zero-order valence-corrected chi connectivity index (χ0v) is 6.87. The molecule has 0 amide bonds. The van der Waals surface area contributed by atoms with Crippen molar-refractivity contribution in [2.75, 3.05) is 0 Å². The van der Waals surface area contributed by atoms with Gasteiger partial charge in [0.2, 0.25) is 0 Å². The van der Waals surface area contributed by atoms with Crippen molar-refractivity contribution in [2.24, 2.45) is 16.6 Å². The largest absolute Gasteiger partial charge is 0.328 e. The molecule has 2 heteroatoms. The molecule has 0 aromatic carbocycles. The molecule has 11 heavy (non-hydrogen) atoms. The fraction of sp³-hybridized carbons (Fsp3) is 0.889. The summed E-state index contributed by atoms with van der Waals surface area (Å²) in [7, 11) is 0. The Morgan fingerprint density at radius 1 is 1.27 bits per heavy atom. The highest BCUT2D eigenvalue weighted by molar-refractivity contribution is 5.77. The van der Waals surface area contributed by atoms with Crippen LogP contribution < -0.4 is 5.73 Å². The molecule has 0 bridgehead atoms. The van der Waals surface area contributed by atoms with E-state index in [9.17, 15) is 0 Å². The standard InChI is InChI=1S/C9H16N2/c10-8-3-1-7(2-4-8)5-9-6-11-9/h6-9H,1-5,10H2/t7-,8-,9?. The Bertz CT molecular complexity index is 151. The van der Waals surface area contributed by atoms with Crippen molar-refractivity contribution in [3.63, 3.8) is 0 Å². The lowest BCUT2D eigenvalue weighted by Crippen LogP contribution is -2.27. The van der Waals surface area contributed by atoms with Gasteiger partial charge in [-0.15, -0.1) is 0 Å². The topological polar surface area (TPSA) is 38.4 Å². The Morgan fingerprint density at radius 3 is 2.45 bits per heavy atom. The second kappa shape index (κ2) is 2.94. The van der Waals surface area contributed by atoms with Gasteiger partial charge in [0, 0.05) is 12.3 Å². The summed E-state index contributed by atoms with van der Waals surface area (Å²) in [6.07, 6.45) is 8.50. The van der Waals surface area contributed by atoms with Gasteiger partial charge in [-0.2, -0.15) is 0 Å². The van der Waals surface area contributed by atoms with E-state index in [4.69, 9.17) is 5.73 Å². The van der Waals surface area contributed by atoms with Crippen LogP contribution in [0.4, 0.5) is 0 Å². The van der Waals surface area contributed by atoms with Crippen LogP contribution in [-0.2, 0) is 0 Å². The summed E-state index contributed by atoms with van der Waals surface area (Å²) in [6, 6.07) is 1.11. The first-order valence-electron chi connectivity index (χ1n) is 4.63. The van der Waals surface area contributed by atoms with Crippen molar-refractivity contribution in [1.82, 2.24) is 0 Å². The minimum atomic E-state index is 0.492. The Balaban J connectivity index is 1.69. The van der Waals surface area contributed by atoms with Crippen molar-refractivity contribution >= 4 is 6.21 Å². The Kier molecular flexibility index (Phi) is 1.95. The lowest BCUT2D eigenvalue weighted by Gasteiger charge is -2.25. The lowest BCUT2D eigenvalue weighted by molar-refractivity contribution is 0.312. The molecule has 1 fully saturated rings. The summed E-state index contributed by atoms with van der Waals surface area (Å²) >= 11 is 0. The predicted molar refractivity (Wildman–Crippen MR) is 46.8 cm³/mol. The van der Waals surface area contributed by atoms with E-state index in [1.54, 1.807) is 0 Å². The first-order valence-corrected chi connectivity index (χ1v) is 4.63. The van der Waals surface area contributed by atoms with E-state index in [1.165, 1.54) is 32.1 Å². The van der Waals surface area contributed by atoms with Crippen LogP contribution in [0.1, 0.15) is 32.1 Å². The first-order chi connectivity index (χ1) is 5.34. The molecule has 0 aromatic heterocycles. The quantitative estimate of drug-likeness (QED) is 0.637. The van der Waals surface area contributed by atoms with Gasteiger partial charge in [-0.05, 0) is 38.0 Å². The molecule has 62 valence electrons. The number of hydrogen-bond acceptors (Lipinski definition) is 2. The third-order valence-electron chi connectivity index (χ3n) is 2.83. The normalized spacial score (nSPS) is 42.5. The van der Waals surface area contributed by atoms with E-state index in [0.717, 1.165) is 5.92 Å². The van der Waals surface area contributed by atoms with E-state index in [2.05, 4.69) is 11.2 Å². The van der Waals surface area contributed by atoms with Crippen LogP contribution in [0.5, 0.6) is 0 Å². The maximum Gasteiger partial charge on any atom is 0.0846 e. The Hall–Kier alpha value is -0.370. The molecular weight excluding hydrogens is 136 g/mol. The van der Waals surface area contributed by atoms with Crippen LogP contribution in [-0.4, -0.2) is 18.3 Å². The monoisotopic (exact) mass is 152 g/mol. The smallest absolute Gasteiger partial charge is 0.0846 e. The zero-order chi connectivity index (χ0) is 7.68. The number of nitrogens with zero attached hydrogens (tertiary/aromatic N) is 1. The molecule has 0 spiro atoms. The molecule has 1 aliphatic carbocycles. The summed E-state index contributed by atoms with van der Waals surface area (Å²) in [5.74, 6) is 0.919. The van der Waals surface area contributed by atoms with Crippen LogP contribution in [0.25, 0.3) is 0 Å². The van der Waals surface area contributed by atoms with Gasteiger partial charge in [0.05, 0.1) is 6.04 Å². The average molecular weight is 152 g/mol. The van der Waals surface area contributed by atoms with Crippen LogP contribution in [0.2, 0.25) is 0 Å². The molecule has 1 aliphatic heterocycles. The molecule has 2 nitrogen and oxygen atoms in total. The molecule has 1 saturated carbocycles. The molecule has 0 radical (unpaired) electrons. The van der Waals surface area contributed by atoms with Crippen molar-refractivity contribution in [3.05, 3.63) is 0 Å². The highest BCUT2D eigenvalue weighted by Crippen LogP contribution is 2.29. The lowest BCUT2D eigenvalue weighted by atomic mass is 9.83. The molecule has 2 rings (SSSR count). The minimum absolute atomic E-state index is 0.492. The molecule has 2 aliphatic rings. The molecule has 0 aromatic rings. The van der Waals surface area contributed by atoms with E-state index in [1.807, 2.05) is 0 Å². The minimum Gasteiger partial charge on any atom is -0.328 e. The van der Waals surface area contributed by atoms with Crippen molar-refractivity contribution in [2.45, 2.75) is 44.2 Å². The number of hydrogen-bond donors (Lipinski definition) is 1. The summed E-state index contributed by atoms with van der Waals surface area (Å²) in [6.45, 7) is 0. The highest BCUT2D eigenvalue weighted by Gasteiger charge is 2.23. The highest BCUT2D eigenvalue weighted by atomic mass is 14.9. The second-order valence-electron chi connectivity index (χ2n) is 3.88. The summed E-state index contributed by atoms with van der Waals surface area (Å²) in [4.78, 5) is 4.16. The Morgan fingerprint density at radius 2 is 1.91 bits per heavy atom. The molecule has 1 unspecified atom stereocenters. The zero-order valence-electron chi connectivity index (χ0n) is 6.87. The second-order valence-corrected chi connectivity index (χ2v) is 3.88. The first kappa shape index (κ1) is 7.29. The van der Waals surface area contributed by atoms with Crippen LogP contribution in [0, 0.1) is 5.92 Å². The average Bonchev–Trinajstić information content (AvgIpc) is 2.78. The Labute approximate surface area is 67.9 Å². The summed E-state index contributed by atoms with van der Waals surface area (Å²) < 4.78 is 0. The summed E-state index contributed by atoms with van der Waals surface area (Å²) in [5.41, 5.74) is 5.81. The van der Waals surface area contributed by atoms with Crippen LogP contribution >= 0.6 is 0 Å². The van der Waals surface area contributed by atoms with E-state index >= 15 is 0 Å². The maximum atomic E-state index is 5.81. The van der Waals surface area contributed by atoms with E-state index in [0.29, 0.717) is 12.1 Å². The fourth-order valence-electron chi connectivity index (χ4n) is 1.95. The molecular formula is C9H16N2. The van der Waals surface area contributed by atoms with Gasteiger partial charge in [-0.1, -0.05) is 0 Å². The molecule has 1 heterocycles. The van der Waals surface area contributed by atoms with Crippen LogP contribution in [0.15, 0.2) is 4.99 Å². The van der Waals surface area contributed by atoms with Crippen LogP contribution in [0.3, 0.4) is 0 Å². The third kappa shape index (κ3) is 2.03. The van der Waals surface area contributed by atoms with Crippen molar-refractivity contribution < 1.29 is 0 Å². The number of nitrogens with two attached hydrogens (primary N) is 1. The third-order valence-corrected chi connectivity index (χ3v) is 2.83. The van der Waals surface area contributed by atoms with E-state index < -0.39 is 0 Å². The van der Waals surface area contributed by atoms with Gasteiger partial charge in [0.15, 0.2) is 0 Å². The van der Waals surface area contributed by atoms with Crippen molar-refractivity contribution in [3.8, 4) is 0 Å². The SMILES string of the molecule is N[C@H]1CC[C@H](CC2C=N2)CC1. The van der Waals surface area contributed by atoms with Gasteiger partial charge in [0.25, 0.3) is 0 Å². The van der Waals surface area contributed by atoms with Gasteiger partial charge < -0.3 is 5.73 Å². The predicted octanol–water partition coefficient (Wildman–Crippen LogP) is 1.35. The van der Waals surface area contributed by atoms with Gasteiger partial charge in [-0.3, -0.25) is 4.99 Å². The number of rotatable bonds is 2. The molecule has 1 atom stereocenters. The van der Waals surface area contributed by atoms with Gasteiger partial charge in [-0.25, -0.2) is 0 Å².